The molecule has 3 aromatic rings. The van der Waals surface area contributed by atoms with Crippen molar-refractivity contribution in [3.63, 3.8) is 0 Å². The first-order chi connectivity index (χ1) is 13.3. The number of aromatic nitrogens is 1. The Kier molecular flexibility index (Phi) is 4.50. The molecule has 28 heavy (non-hydrogen) atoms. The minimum Gasteiger partial charge on any atom is -0.249 e. The summed E-state index contributed by atoms with van der Waals surface area (Å²) in [6, 6.07) is 19.2. The Labute approximate surface area is 166 Å². The summed E-state index contributed by atoms with van der Waals surface area (Å²) >= 11 is 0. The normalized spacial score (nSPS) is 18.9. The van der Waals surface area contributed by atoms with Gasteiger partial charge >= 0.3 is 0 Å². The SMILES string of the molecule is Cc1ccc(S(=O)(=O)N2CC(C)(Cc3ccccc3)c3c(C)ccnc32)cc1. The van der Waals surface area contributed by atoms with Gasteiger partial charge in [0, 0.05) is 23.7 Å². The molecule has 0 fully saturated rings. The third-order valence-electron chi connectivity index (χ3n) is 5.52. The molecule has 2 aromatic carbocycles. The highest BCUT2D eigenvalue weighted by Gasteiger charge is 2.45. The van der Waals surface area contributed by atoms with Crippen LogP contribution in [-0.2, 0) is 21.9 Å². The lowest BCUT2D eigenvalue weighted by molar-refractivity contribution is 0.502. The fourth-order valence-corrected chi connectivity index (χ4v) is 5.73. The highest BCUT2D eigenvalue weighted by molar-refractivity contribution is 7.92. The molecule has 4 rings (SSSR count). The Morgan fingerprint density at radius 3 is 2.36 bits per heavy atom. The van der Waals surface area contributed by atoms with Crippen LogP contribution in [0.2, 0.25) is 0 Å². The summed E-state index contributed by atoms with van der Waals surface area (Å²) in [5.74, 6) is 0.555. The highest BCUT2D eigenvalue weighted by Crippen LogP contribution is 2.45. The zero-order valence-corrected chi connectivity index (χ0v) is 17.2. The molecule has 1 aliphatic heterocycles. The third kappa shape index (κ3) is 3.10. The van der Waals surface area contributed by atoms with Gasteiger partial charge in [-0.3, -0.25) is 0 Å². The number of nitrogens with zero attached hydrogens (tertiary/aromatic N) is 2. The Morgan fingerprint density at radius 2 is 1.68 bits per heavy atom. The maximum Gasteiger partial charge on any atom is 0.265 e. The Hall–Kier alpha value is -2.66. The van der Waals surface area contributed by atoms with E-state index in [0.29, 0.717) is 17.3 Å². The number of sulfonamides is 1. The summed E-state index contributed by atoms with van der Waals surface area (Å²) in [6.45, 7) is 6.50. The third-order valence-corrected chi connectivity index (χ3v) is 7.27. The summed E-state index contributed by atoms with van der Waals surface area (Å²) in [5.41, 5.74) is 3.98. The minimum atomic E-state index is -3.68. The van der Waals surface area contributed by atoms with E-state index in [4.69, 9.17) is 0 Å². The van der Waals surface area contributed by atoms with E-state index < -0.39 is 10.0 Å². The lowest BCUT2D eigenvalue weighted by Crippen LogP contribution is -2.37. The molecule has 0 bridgehead atoms. The quantitative estimate of drug-likeness (QED) is 0.661. The van der Waals surface area contributed by atoms with Crippen LogP contribution in [0, 0.1) is 13.8 Å². The molecule has 0 aliphatic carbocycles. The first kappa shape index (κ1) is 18.7. The van der Waals surface area contributed by atoms with E-state index in [2.05, 4.69) is 24.0 Å². The highest BCUT2D eigenvalue weighted by atomic mass is 32.2. The van der Waals surface area contributed by atoms with Crippen molar-refractivity contribution >= 4 is 15.8 Å². The lowest BCUT2D eigenvalue weighted by atomic mass is 9.78. The van der Waals surface area contributed by atoms with Gasteiger partial charge in [0.1, 0.15) is 5.82 Å². The second-order valence-corrected chi connectivity index (χ2v) is 9.74. The first-order valence-electron chi connectivity index (χ1n) is 9.41. The van der Waals surface area contributed by atoms with Crippen molar-refractivity contribution in [3.8, 4) is 0 Å². The van der Waals surface area contributed by atoms with Crippen molar-refractivity contribution in [2.24, 2.45) is 0 Å². The molecule has 0 saturated carbocycles. The predicted octanol–water partition coefficient (Wildman–Crippen LogP) is 4.41. The molecule has 0 spiro atoms. The van der Waals surface area contributed by atoms with Crippen LogP contribution < -0.4 is 4.31 Å². The van der Waals surface area contributed by atoms with Crippen molar-refractivity contribution in [3.05, 3.63) is 89.1 Å². The average Bonchev–Trinajstić information content (AvgIpc) is 2.97. The number of hydrogen-bond acceptors (Lipinski definition) is 3. The van der Waals surface area contributed by atoms with E-state index in [1.54, 1.807) is 18.3 Å². The van der Waals surface area contributed by atoms with Gasteiger partial charge in [-0.1, -0.05) is 55.0 Å². The molecule has 0 N–H and O–H groups in total. The van der Waals surface area contributed by atoms with Gasteiger partial charge in [-0.05, 0) is 49.6 Å². The van der Waals surface area contributed by atoms with Gasteiger partial charge in [0.2, 0.25) is 0 Å². The second kappa shape index (κ2) is 6.74. The number of rotatable bonds is 4. The first-order valence-corrected chi connectivity index (χ1v) is 10.8. The van der Waals surface area contributed by atoms with Crippen LogP contribution in [0.25, 0.3) is 0 Å². The molecule has 5 heteroatoms. The van der Waals surface area contributed by atoms with Gasteiger partial charge in [-0.25, -0.2) is 17.7 Å². The molecular formula is C23H24N2O2S. The number of hydrogen-bond donors (Lipinski definition) is 0. The van der Waals surface area contributed by atoms with Crippen LogP contribution in [0.5, 0.6) is 0 Å². The van der Waals surface area contributed by atoms with E-state index in [1.807, 2.05) is 50.2 Å². The molecule has 0 amide bonds. The van der Waals surface area contributed by atoms with Crippen LogP contribution in [0.1, 0.15) is 29.2 Å². The van der Waals surface area contributed by atoms with Crippen molar-refractivity contribution in [2.75, 3.05) is 10.8 Å². The maximum absolute atomic E-state index is 13.4. The summed E-state index contributed by atoms with van der Waals surface area (Å²) < 4.78 is 28.4. The van der Waals surface area contributed by atoms with E-state index >= 15 is 0 Å². The van der Waals surface area contributed by atoms with Crippen molar-refractivity contribution in [1.29, 1.82) is 0 Å². The van der Waals surface area contributed by atoms with Crippen molar-refractivity contribution in [2.45, 2.75) is 37.5 Å². The van der Waals surface area contributed by atoms with E-state index in [-0.39, 0.29) is 5.41 Å². The Morgan fingerprint density at radius 1 is 1.00 bits per heavy atom. The topological polar surface area (TPSA) is 50.3 Å². The number of fused-ring (bicyclic) bond motifs is 1. The summed E-state index contributed by atoms with van der Waals surface area (Å²) in [6.07, 6.45) is 2.45. The van der Waals surface area contributed by atoms with E-state index in [1.165, 1.54) is 9.87 Å². The molecule has 144 valence electrons. The van der Waals surface area contributed by atoms with Gasteiger partial charge in [0.25, 0.3) is 10.0 Å². The van der Waals surface area contributed by atoms with Crippen molar-refractivity contribution in [1.82, 2.24) is 4.98 Å². The molecule has 4 nitrogen and oxygen atoms in total. The summed E-state index contributed by atoms with van der Waals surface area (Å²) in [4.78, 5) is 4.80. The molecule has 0 saturated heterocycles. The monoisotopic (exact) mass is 392 g/mol. The summed E-state index contributed by atoms with van der Waals surface area (Å²) in [5, 5.41) is 0. The zero-order chi connectivity index (χ0) is 19.9. The number of anilines is 1. The number of benzene rings is 2. The number of aryl methyl sites for hydroxylation is 2. The van der Waals surface area contributed by atoms with Gasteiger partial charge < -0.3 is 0 Å². The molecule has 1 unspecified atom stereocenters. The van der Waals surface area contributed by atoms with E-state index in [0.717, 1.165) is 23.1 Å². The predicted molar refractivity (Wildman–Crippen MR) is 112 cm³/mol. The van der Waals surface area contributed by atoms with Gasteiger partial charge in [0.05, 0.1) is 4.90 Å². The molecule has 2 heterocycles. The van der Waals surface area contributed by atoms with Gasteiger partial charge in [-0.15, -0.1) is 0 Å². The summed E-state index contributed by atoms with van der Waals surface area (Å²) in [7, 11) is -3.68. The molecule has 1 atom stereocenters. The second-order valence-electron chi connectivity index (χ2n) is 7.87. The van der Waals surface area contributed by atoms with Gasteiger partial charge in [-0.2, -0.15) is 0 Å². The van der Waals surface area contributed by atoms with Crippen LogP contribution in [0.3, 0.4) is 0 Å². The molecule has 1 aromatic heterocycles. The van der Waals surface area contributed by atoms with E-state index in [9.17, 15) is 8.42 Å². The maximum atomic E-state index is 13.4. The smallest absolute Gasteiger partial charge is 0.249 e. The molecule has 1 aliphatic rings. The zero-order valence-electron chi connectivity index (χ0n) is 16.4. The fourth-order valence-electron chi connectivity index (χ4n) is 4.18. The van der Waals surface area contributed by atoms with Crippen LogP contribution in [-0.4, -0.2) is 19.9 Å². The molecular weight excluding hydrogens is 368 g/mol. The Balaban J connectivity index is 1.81. The fraction of sp³-hybridized carbons (Fsp3) is 0.261. The van der Waals surface area contributed by atoms with Gasteiger partial charge in [0.15, 0.2) is 0 Å². The van der Waals surface area contributed by atoms with Crippen LogP contribution in [0.4, 0.5) is 5.82 Å². The molecule has 0 radical (unpaired) electrons. The average molecular weight is 393 g/mol. The Bertz CT molecular complexity index is 1110. The largest absolute Gasteiger partial charge is 0.265 e. The lowest BCUT2D eigenvalue weighted by Gasteiger charge is -2.27. The van der Waals surface area contributed by atoms with Crippen LogP contribution in [0.15, 0.2) is 71.8 Å². The van der Waals surface area contributed by atoms with Crippen molar-refractivity contribution < 1.29 is 8.42 Å². The number of pyridine rings is 1. The minimum absolute atomic E-state index is 0.302. The standard InChI is InChI=1S/C23H24N2O2S/c1-17-9-11-20(12-10-17)28(26,27)25-16-23(3,15-19-7-5-4-6-8-19)21-18(2)13-14-24-22(21)25/h4-14H,15-16H2,1-3H3. The van der Waals surface area contributed by atoms with Crippen LogP contribution >= 0.6 is 0 Å².